The van der Waals surface area contributed by atoms with E-state index in [2.05, 4.69) is 5.32 Å². The lowest BCUT2D eigenvalue weighted by molar-refractivity contribution is -0.0704. The van der Waals surface area contributed by atoms with Gasteiger partial charge in [-0.15, -0.1) is 0 Å². The summed E-state index contributed by atoms with van der Waals surface area (Å²) in [6.45, 7) is 2.19. The van der Waals surface area contributed by atoms with Crippen LogP contribution in [0.3, 0.4) is 0 Å². The monoisotopic (exact) mass is 213 g/mol. The summed E-state index contributed by atoms with van der Waals surface area (Å²) in [6.07, 6.45) is 8.56. The summed E-state index contributed by atoms with van der Waals surface area (Å²) in [4.78, 5) is 0. The molecule has 0 amide bonds. The minimum absolute atomic E-state index is 0.431. The second kappa shape index (κ2) is 5.83. The van der Waals surface area contributed by atoms with Crippen molar-refractivity contribution in [1.29, 1.82) is 0 Å². The molecule has 0 aromatic heterocycles. The van der Waals surface area contributed by atoms with E-state index >= 15 is 0 Å². The highest BCUT2D eigenvalue weighted by Gasteiger charge is 2.25. The molecular formula is C12H23NO2. The second-order valence-corrected chi connectivity index (χ2v) is 4.75. The van der Waals surface area contributed by atoms with Crippen molar-refractivity contribution in [3.8, 4) is 0 Å². The number of ether oxygens (including phenoxy) is 2. The number of piperidine rings is 1. The van der Waals surface area contributed by atoms with Gasteiger partial charge < -0.3 is 14.8 Å². The molecule has 2 fully saturated rings. The second-order valence-electron chi connectivity index (χ2n) is 4.75. The lowest BCUT2D eigenvalue weighted by Gasteiger charge is -2.33. The number of methoxy groups -OCH3 is 1. The first-order valence-corrected chi connectivity index (χ1v) is 6.27. The topological polar surface area (TPSA) is 30.5 Å². The lowest BCUT2D eigenvalue weighted by Crippen LogP contribution is -2.39. The minimum Gasteiger partial charge on any atom is -0.381 e. The molecule has 1 aliphatic heterocycles. The van der Waals surface area contributed by atoms with Gasteiger partial charge in [0.1, 0.15) is 0 Å². The molecule has 1 aliphatic carbocycles. The zero-order valence-electron chi connectivity index (χ0n) is 9.71. The Hall–Kier alpha value is -0.120. The summed E-state index contributed by atoms with van der Waals surface area (Å²) in [7, 11) is 1.81. The van der Waals surface area contributed by atoms with Crippen LogP contribution in [0.1, 0.15) is 38.5 Å². The van der Waals surface area contributed by atoms with Gasteiger partial charge in [0, 0.05) is 13.7 Å². The van der Waals surface area contributed by atoms with Crippen molar-refractivity contribution in [3.05, 3.63) is 0 Å². The maximum absolute atomic E-state index is 6.12. The fourth-order valence-corrected chi connectivity index (χ4v) is 2.65. The average molecular weight is 213 g/mol. The number of hydrogen-bond donors (Lipinski definition) is 1. The van der Waals surface area contributed by atoms with Gasteiger partial charge in [0.15, 0.2) is 0 Å². The van der Waals surface area contributed by atoms with Gasteiger partial charge in [0.05, 0.1) is 18.3 Å². The van der Waals surface area contributed by atoms with Crippen LogP contribution in [0.2, 0.25) is 0 Å². The molecule has 0 aromatic rings. The third-order valence-electron chi connectivity index (χ3n) is 3.55. The molecule has 0 radical (unpaired) electrons. The zero-order valence-corrected chi connectivity index (χ0v) is 9.71. The Morgan fingerprint density at radius 2 is 1.80 bits per heavy atom. The Morgan fingerprint density at radius 1 is 1.00 bits per heavy atom. The first kappa shape index (κ1) is 11.4. The molecule has 0 spiro atoms. The van der Waals surface area contributed by atoms with Crippen molar-refractivity contribution in [2.24, 2.45) is 0 Å². The van der Waals surface area contributed by atoms with E-state index in [1.54, 1.807) is 0 Å². The summed E-state index contributed by atoms with van der Waals surface area (Å²) >= 11 is 0. The van der Waals surface area contributed by atoms with Crippen LogP contribution < -0.4 is 5.32 Å². The van der Waals surface area contributed by atoms with Gasteiger partial charge >= 0.3 is 0 Å². The van der Waals surface area contributed by atoms with Crippen molar-refractivity contribution >= 4 is 0 Å². The number of nitrogens with one attached hydrogen (secondary N) is 1. The Morgan fingerprint density at radius 3 is 2.53 bits per heavy atom. The largest absolute Gasteiger partial charge is 0.381 e. The van der Waals surface area contributed by atoms with Crippen molar-refractivity contribution in [2.75, 3.05) is 20.2 Å². The predicted molar refractivity (Wildman–Crippen MR) is 60.0 cm³/mol. The van der Waals surface area contributed by atoms with Gasteiger partial charge in [-0.1, -0.05) is 0 Å². The van der Waals surface area contributed by atoms with E-state index in [-0.39, 0.29) is 0 Å². The van der Waals surface area contributed by atoms with E-state index in [1.165, 1.54) is 32.1 Å². The lowest BCUT2D eigenvalue weighted by atomic mass is 9.94. The average Bonchev–Trinajstić information content (AvgIpc) is 2.31. The predicted octanol–water partition coefficient (Wildman–Crippen LogP) is 1.71. The van der Waals surface area contributed by atoms with Gasteiger partial charge in [0.2, 0.25) is 0 Å². The first-order chi connectivity index (χ1) is 7.38. The van der Waals surface area contributed by atoms with E-state index in [0.29, 0.717) is 18.3 Å². The van der Waals surface area contributed by atoms with Crippen LogP contribution in [0, 0.1) is 0 Å². The van der Waals surface area contributed by atoms with E-state index in [1.807, 2.05) is 7.11 Å². The maximum atomic E-state index is 6.12. The van der Waals surface area contributed by atoms with Crippen LogP contribution in [0.15, 0.2) is 0 Å². The smallest absolute Gasteiger partial charge is 0.0703 e. The van der Waals surface area contributed by atoms with Gasteiger partial charge in [-0.25, -0.2) is 0 Å². The van der Waals surface area contributed by atoms with Crippen LogP contribution in [0.4, 0.5) is 0 Å². The molecule has 88 valence electrons. The van der Waals surface area contributed by atoms with Crippen LogP contribution in [0.25, 0.3) is 0 Å². The Labute approximate surface area is 92.5 Å². The SMILES string of the molecule is CO[C@@H]1CCC[C@H](O[C@@H]2CCCNC2)C1. The third-order valence-corrected chi connectivity index (χ3v) is 3.55. The molecule has 2 aliphatic rings. The molecule has 2 rings (SSSR count). The molecule has 0 bridgehead atoms. The third kappa shape index (κ3) is 3.44. The summed E-state index contributed by atoms with van der Waals surface area (Å²) in [6, 6.07) is 0. The molecule has 1 saturated carbocycles. The Bertz CT molecular complexity index is 180. The van der Waals surface area contributed by atoms with Gasteiger partial charge in [-0.3, -0.25) is 0 Å². The quantitative estimate of drug-likeness (QED) is 0.774. The standard InChI is InChI=1S/C12H23NO2/c1-14-10-4-2-5-11(8-10)15-12-6-3-7-13-9-12/h10-13H,2-9H2,1H3/t10-,11+,12-/m1/s1. The van der Waals surface area contributed by atoms with Gasteiger partial charge in [-0.2, -0.15) is 0 Å². The molecule has 0 aromatic carbocycles. The molecule has 0 unspecified atom stereocenters. The summed E-state index contributed by atoms with van der Waals surface area (Å²) < 4.78 is 11.5. The number of hydrogen-bond acceptors (Lipinski definition) is 3. The summed E-state index contributed by atoms with van der Waals surface area (Å²) in [5.41, 5.74) is 0. The van der Waals surface area contributed by atoms with Gasteiger partial charge in [0.25, 0.3) is 0 Å². The highest BCUT2D eigenvalue weighted by Crippen LogP contribution is 2.25. The highest BCUT2D eigenvalue weighted by molar-refractivity contribution is 4.77. The van der Waals surface area contributed by atoms with E-state index in [4.69, 9.17) is 9.47 Å². The molecule has 1 heterocycles. The van der Waals surface area contributed by atoms with Crippen LogP contribution >= 0.6 is 0 Å². The van der Waals surface area contributed by atoms with Crippen molar-refractivity contribution in [2.45, 2.75) is 56.8 Å². The molecule has 1 N–H and O–H groups in total. The molecule has 3 heteroatoms. The molecular weight excluding hydrogens is 190 g/mol. The highest BCUT2D eigenvalue weighted by atomic mass is 16.5. The maximum Gasteiger partial charge on any atom is 0.0703 e. The van der Waals surface area contributed by atoms with E-state index < -0.39 is 0 Å². The Balaban J connectivity index is 1.72. The first-order valence-electron chi connectivity index (χ1n) is 6.27. The van der Waals surface area contributed by atoms with Crippen LogP contribution in [-0.2, 0) is 9.47 Å². The van der Waals surface area contributed by atoms with Crippen LogP contribution in [0.5, 0.6) is 0 Å². The molecule has 1 saturated heterocycles. The summed E-state index contributed by atoms with van der Waals surface area (Å²) in [5, 5.41) is 3.39. The van der Waals surface area contributed by atoms with Crippen molar-refractivity contribution in [3.63, 3.8) is 0 Å². The van der Waals surface area contributed by atoms with Gasteiger partial charge in [-0.05, 0) is 45.1 Å². The molecule has 15 heavy (non-hydrogen) atoms. The normalized spacial score (nSPS) is 37.8. The zero-order chi connectivity index (χ0) is 10.5. The minimum atomic E-state index is 0.431. The fraction of sp³-hybridized carbons (Fsp3) is 1.00. The molecule has 3 atom stereocenters. The van der Waals surface area contributed by atoms with E-state index in [0.717, 1.165) is 19.5 Å². The van der Waals surface area contributed by atoms with Crippen LogP contribution in [-0.4, -0.2) is 38.5 Å². The molecule has 3 nitrogen and oxygen atoms in total. The Kier molecular flexibility index (Phi) is 4.42. The van der Waals surface area contributed by atoms with E-state index in [9.17, 15) is 0 Å². The number of rotatable bonds is 3. The summed E-state index contributed by atoms with van der Waals surface area (Å²) in [5.74, 6) is 0. The van der Waals surface area contributed by atoms with Crippen molar-refractivity contribution in [1.82, 2.24) is 5.32 Å². The fourth-order valence-electron chi connectivity index (χ4n) is 2.65. The van der Waals surface area contributed by atoms with Crippen molar-refractivity contribution < 1.29 is 9.47 Å².